The van der Waals surface area contributed by atoms with Gasteiger partial charge in [0.25, 0.3) is 0 Å². The summed E-state index contributed by atoms with van der Waals surface area (Å²) in [6.07, 6.45) is 0.750. The molecule has 0 bridgehead atoms. The van der Waals surface area contributed by atoms with Gasteiger partial charge in [0.1, 0.15) is 0 Å². The summed E-state index contributed by atoms with van der Waals surface area (Å²) in [7, 11) is 0. The molecule has 0 aliphatic rings. The summed E-state index contributed by atoms with van der Waals surface area (Å²) in [6.45, 7) is 3.18. The first kappa shape index (κ1) is 22.7. The molecule has 0 saturated heterocycles. The molecule has 2 N–H and O–H groups in total. The minimum absolute atomic E-state index is 0.318. The van der Waals surface area contributed by atoms with Gasteiger partial charge in [-0.2, -0.15) is 5.10 Å². The van der Waals surface area contributed by atoms with Gasteiger partial charge in [-0.15, -0.1) is 0 Å². The Labute approximate surface area is 181 Å². The highest BCUT2D eigenvalue weighted by Gasteiger charge is 2.26. The molecular formula is C21H19F5N4S. The lowest BCUT2D eigenvalue weighted by atomic mass is 10.1. The van der Waals surface area contributed by atoms with Crippen LogP contribution in [0.15, 0.2) is 30.3 Å². The van der Waals surface area contributed by atoms with Crippen LogP contribution in [0, 0.1) is 42.9 Å². The molecule has 3 aromatic rings. The van der Waals surface area contributed by atoms with E-state index in [1.807, 2.05) is 30.3 Å². The van der Waals surface area contributed by atoms with E-state index in [9.17, 15) is 22.0 Å². The summed E-state index contributed by atoms with van der Waals surface area (Å²) in [5.74, 6) is -9.93. The predicted octanol–water partition coefficient (Wildman–Crippen LogP) is 4.77. The van der Waals surface area contributed by atoms with E-state index in [2.05, 4.69) is 15.7 Å². The van der Waals surface area contributed by atoms with Crippen molar-refractivity contribution in [1.82, 2.24) is 15.1 Å². The van der Waals surface area contributed by atoms with Crippen LogP contribution >= 0.6 is 12.2 Å². The Balaban J connectivity index is 1.72. The van der Waals surface area contributed by atoms with Crippen LogP contribution in [0.2, 0.25) is 0 Å². The smallest absolute Gasteiger partial charge is 0.200 e. The fourth-order valence-corrected chi connectivity index (χ4v) is 3.30. The van der Waals surface area contributed by atoms with Gasteiger partial charge < -0.3 is 10.6 Å². The van der Waals surface area contributed by atoms with Crippen LogP contribution in [0.4, 0.5) is 27.6 Å². The number of nitrogens with zero attached hydrogens (tertiary/aromatic N) is 2. The third-order valence-corrected chi connectivity index (χ3v) is 5.02. The van der Waals surface area contributed by atoms with E-state index in [1.54, 1.807) is 13.8 Å². The number of anilines is 1. The number of nitrogens with one attached hydrogen (secondary N) is 2. The number of halogens is 5. The Morgan fingerprint density at radius 2 is 1.52 bits per heavy atom. The molecule has 4 nitrogen and oxygen atoms in total. The third-order valence-electron chi connectivity index (χ3n) is 4.77. The molecule has 2 aromatic carbocycles. The van der Waals surface area contributed by atoms with Crippen molar-refractivity contribution in [3.8, 4) is 0 Å². The molecule has 1 aromatic heterocycles. The van der Waals surface area contributed by atoms with E-state index in [0.29, 0.717) is 28.7 Å². The SMILES string of the molecule is Cc1nn(Cc2c(F)c(F)c(F)c(F)c2F)c(C)c1NC(=S)NCCc1ccccc1. The average Bonchev–Trinajstić information content (AvgIpc) is 3.02. The molecule has 31 heavy (non-hydrogen) atoms. The van der Waals surface area contributed by atoms with Gasteiger partial charge in [-0.25, -0.2) is 22.0 Å². The number of thiocarbonyl (C=S) groups is 1. The summed E-state index contributed by atoms with van der Waals surface area (Å²) in [4.78, 5) is 0. The Morgan fingerprint density at radius 3 is 2.13 bits per heavy atom. The fourth-order valence-electron chi connectivity index (χ4n) is 3.09. The van der Waals surface area contributed by atoms with Gasteiger partial charge in [0.15, 0.2) is 28.4 Å². The number of aryl methyl sites for hydroxylation is 1. The maximum absolute atomic E-state index is 14.0. The van der Waals surface area contributed by atoms with Gasteiger partial charge in [0.2, 0.25) is 5.82 Å². The van der Waals surface area contributed by atoms with Crippen LogP contribution in [0.1, 0.15) is 22.5 Å². The number of hydrogen-bond donors (Lipinski definition) is 2. The van der Waals surface area contributed by atoms with Crippen molar-refractivity contribution in [3.05, 3.63) is 81.9 Å². The van der Waals surface area contributed by atoms with E-state index >= 15 is 0 Å². The Bertz CT molecular complexity index is 1090. The monoisotopic (exact) mass is 454 g/mol. The van der Waals surface area contributed by atoms with Crippen LogP contribution in [0.25, 0.3) is 0 Å². The molecule has 0 spiro atoms. The van der Waals surface area contributed by atoms with Crippen molar-refractivity contribution >= 4 is 23.0 Å². The summed E-state index contributed by atoms with van der Waals surface area (Å²) in [6, 6.07) is 9.81. The highest BCUT2D eigenvalue weighted by atomic mass is 32.1. The average molecular weight is 454 g/mol. The normalized spacial score (nSPS) is 10.9. The first-order valence-corrected chi connectivity index (χ1v) is 9.74. The Hall–Kier alpha value is -3.01. The largest absolute Gasteiger partial charge is 0.362 e. The van der Waals surface area contributed by atoms with E-state index in [4.69, 9.17) is 12.2 Å². The highest BCUT2D eigenvalue weighted by molar-refractivity contribution is 7.80. The van der Waals surface area contributed by atoms with Crippen molar-refractivity contribution in [2.24, 2.45) is 0 Å². The maximum atomic E-state index is 14.0. The molecule has 1 heterocycles. The van der Waals surface area contributed by atoms with Crippen LogP contribution in [0.5, 0.6) is 0 Å². The second kappa shape index (κ2) is 9.42. The van der Waals surface area contributed by atoms with E-state index in [0.717, 1.165) is 16.7 Å². The predicted molar refractivity (Wildman–Crippen MR) is 111 cm³/mol. The number of rotatable bonds is 6. The third kappa shape index (κ3) is 4.84. The number of aromatic nitrogens is 2. The van der Waals surface area contributed by atoms with Gasteiger partial charge in [-0.1, -0.05) is 30.3 Å². The summed E-state index contributed by atoms with van der Waals surface area (Å²) >= 11 is 5.28. The molecule has 0 fully saturated rings. The standard InChI is InChI=1S/C21H19F5N4S/c1-11-20(28-21(31)27-9-8-13-6-4-3-5-7-13)12(2)30(29-11)10-14-15(22)17(24)19(26)18(25)16(14)23/h3-7H,8-10H2,1-2H3,(H2,27,28,31). The first-order valence-electron chi connectivity index (χ1n) is 9.33. The minimum Gasteiger partial charge on any atom is -0.362 e. The Kier molecular flexibility index (Phi) is 6.89. The lowest BCUT2D eigenvalue weighted by molar-refractivity contribution is 0.366. The molecule has 3 rings (SSSR count). The molecule has 0 unspecified atom stereocenters. The molecule has 0 aliphatic carbocycles. The fraction of sp³-hybridized carbons (Fsp3) is 0.238. The molecule has 10 heteroatoms. The van der Waals surface area contributed by atoms with Gasteiger partial charge in [-0.3, -0.25) is 4.68 Å². The molecule has 0 aliphatic heterocycles. The summed E-state index contributed by atoms with van der Waals surface area (Å²) in [5, 5.41) is 10.5. The Morgan fingerprint density at radius 1 is 0.935 bits per heavy atom. The molecule has 0 saturated carbocycles. The minimum atomic E-state index is -2.19. The van der Waals surface area contributed by atoms with E-state index in [1.165, 1.54) is 0 Å². The van der Waals surface area contributed by atoms with Gasteiger partial charge in [0.05, 0.1) is 29.2 Å². The van der Waals surface area contributed by atoms with Crippen LogP contribution < -0.4 is 10.6 Å². The lowest BCUT2D eigenvalue weighted by Crippen LogP contribution is -2.30. The number of benzene rings is 2. The highest BCUT2D eigenvalue weighted by Crippen LogP contribution is 2.26. The van der Waals surface area contributed by atoms with Crippen molar-refractivity contribution < 1.29 is 22.0 Å². The maximum Gasteiger partial charge on any atom is 0.200 e. The van der Waals surface area contributed by atoms with Crippen LogP contribution in [0.3, 0.4) is 0 Å². The lowest BCUT2D eigenvalue weighted by Gasteiger charge is -2.12. The molecule has 0 amide bonds. The van der Waals surface area contributed by atoms with Gasteiger partial charge in [0, 0.05) is 6.54 Å². The van der Waals surface area contributed by atoms with Crippen molar-refractivity contribution in [2.75, 3.05) is 11.9 Å². The zero-order valence-electron chi connectivity index (χ0n) is 16.7. The van der Waals surface area contributed by atoms with Crippen LogP contribution in [-0.4, -0.2) is 21.4 Å². The molecule has 0 atom stereocenters. The van der Waals surface area contributed by atoms with E-state index in [-0.39, 0.29) is 0 Å². The summed E-state index contributed by atoms with van der Waals surface area (Å²) in [5.41, 5.74) is 1.54. The van der Waals surface area contributed by atoms with Crippen molar-refractivity contribution in [2.45, 2.75) is 26.8 Å². The van der Waals surface area contributed by atoms with E-state index < -0.39 is 41.2 Å². The molecule has 164 valence electrons. The second-order valence-electron chi connectivity index (χ2n) is 6.87. The van der Waals surface area contributed by atoms with Gasteiger partial charge >= 0.3 is 0 Å². The summed E-state index contributed by atoms with van der Waals surface area (Å²) < 4.78 is 69.4. The molecule has 0 radical (unpaired) electrons. The number of hydrogen-bond acceptors (Lipinski definition) is 2. The quantitative estimate of drug-likeness (QED) is 0.244. The molecular weight excluding hydrogens is 435 g/mol. The van der Waals surface area contributed by atoms with Crippen molar-refractivity contribution in [3.63, 3.8) is 0 Å². The second-order valence-corrected chi connectivity index (χ2v) is 7.28. The zero-order valence-corrected chi connectivity index (χ0v) is 17.5. The topological polar surface area (TPSA) is 41.9 Å². The zero-order chi connectivity index (χ0) is 22.7. The van der Waals surface area contributed by atoms with Crippen LogP contribution in [-0.2, 0) is 13.0 Å². The van der Waals surface area contributed by atoms with Gasteiger partial charge in [-0.05, 0) is 38.0 Å². The van der Waals surface area contributed by atoms with Crippen molar-refractivity contribution in [1.29, 1.82) is 0 Å². The first-order chi connectivity index (χ1) is 14.7.